The second kappa shape index (κ2) is 6.72. The van der Waals surface area contributed by atoms with Gasteiger partial charge in [0, 0.05) is 6.54 Å². The Labute approximate surface area is 151 Å². The quantitative estimate of drug-likeness (QED) is 0.793. The molecule has 0 spiro atoms. The molecule has 26 heavy (non-hydrogen) atoms. The third-order valence-corrected chi connectivity index (χ3v) is 4.76. The number of nitrogens with zero attached hydrogens (tertiary/aromatic N) is 2. The van der Waals surface area contributed by atoms with Gasteiger partial charge in [0.25, 0.3) is 11.8 Å². The van der Waals surface area contributed by atoms with E-state index in [4.69, 9.17) is 4.74 Å². The summed E-state index contributed by atoms with van der Waals surface area (Å²) in [5.74, 6) is -1.07. The first kappa shape index (κ1) is 16.5. The molecule has 6 heteroatoms. The number of fused-ring (bicyclic) bond motifs is 1. The predicted molar refractivity (Wildman–Crippen MR) is 93.5 cm³/mol. The van der Waals surface area contributed by atoms with Gasteiger partial charge < -0.3 is 9.64 Å². The van der Waals surface area contributed by atoms with E-state index in [1.807, 2.05) is 30.3 Å². The molecule has 1 atom stereocenters. The van der Waals surface area contributed by atoms with E-state index in [2.05, 4.69) is 0 Å². The fraction of sp³-hybridized carbons (Fsp3) is 0.250. The van der Waals surface area contributed by atoms with Crippen LogP contribution in [0.1, 0.15) is 32.4 Å². The molecule has 0 saturated carbocycles. The summed E-state index contributed by atoms with van der Waals surface area (Å²) in [5.41, 5.74) is 1.72. The third kappa shape index (κ3) is 2.88. The van der Waals surface area contributed by atoms with E-state index < -0.39 is 11.8 Å². The van der Waals surface area contributed by atoms with Gasteiger partial charge in [0.1, 0.15) is 12.6 Å². The molecule has 1 saturated heterocycles. The van der Waals surface area contributed by atoms with E-state index in [-0.39, 0.29) is 18.6 Å². The van der Waals surface area contributed by atoms with Crippen molar-refractivity contribution in [1.82, 2.24) is 9.80 Å². The molecular weight excluding hydrogens is 332 g/mol. The lowest BCUT2D eigenvalue weighted by Crippen LogP contribution is -2.47. The molecule has 0 N–H and O–H groups in total. The van der Waals surface area contributed by atoms with Crippen LogP contribution in [0.3, 0.4) is 0 Å². The lowest BCUT2D eigenvalue weighted by molar-refractivity contribution is -0.139. The van der Waals surface area contributed by atoms with Gasteiger partial charge in [-0.2, -0.15) is 0 Å². The van der Waals surface area contributed by atoms with Gasteiger partial charge >= 0.3 is 0 Å². The number of hydrogen-bond donors (Lipinski definition) is 0. The Morgan fingerprint density at radius 1 is 0.962 bits per heavy atom. The van der Waals surface area contributed by atoms with Crippen molar-refractivity contribution in [3.8, 4) is 0 Å². The summed E-state index contributed by atoms with van der Waals surface area (Å²) in [5, 5.41) is 0. The summed E-state index contributed by atoms with van der Waals surface area (Å²) in [4.78, 5) is 40.2. The van der Waals surface area contributed by atoms with Crippen LogP contribution >= 0.6 is 0 Å². The van der Waals surface area contributed by atoms with Crippen LogP contribution in [0, 0.1) is 0 Å². The standard InChI is InChI=1S/C20H18N2O4/c23-18(13-22-19(24)15-8-4-5-9-16(15)20(22)25)21-10-11-26-17(12-21)14-6-2-1-3-7-14/h1-9,17H,10-13H2. The highest BCUT2D eigenvalue weighted by molar-refractivity contribution is 6.22. The van der Waals surface area contributed by atoms with Crippen LogP contribution in [0.15, 0.2) is 54.6 Å². The van der Waals surface area contributed by atoms with Crippen LogP contribution in [0.2, 0.25) is 0 Å². The molecule has 1 unspecified atom stereocenters. The summed E-state index contributed by atoms with van der Waals surface area (Å²) in [6.45, 7) is 1.04. The Kier molecular flexibility index (Phi) is 4.26. The molecule has 0 aromatic heterocycles. The monoisotopic (exact) mass is 350 g/mol. The average Bonchev–Trinajstić information content (AvgIpc) is 2.94. The van der Waals surface area contributed by atoms with Crippen molar-refractivity contribution in [2.45, 2.75) is 6.10 Å². The van der Waals surface area contributed by atoms with Gasteiger partial charge in [0.2, 0.25) is 5.91 Å². The summed E-state index contributed by atoms with van der Waals surface area (Å²) in [6.07, 6.45) is -0.198. The van der Waals surface area contributed by atoms with Crippen LogP contribution < -0.4 is 0 Å². The molecule has 2 aromatic carbocycles. The largest absolute Gasteiger partial charge is 0.370 e. The normalized spacial score (nSPS) is 19.6. The predicted octanol–water partition coefficient (Wildman–Crippen LogP) is 1.88. The highest BCUT2D eigenvalue weighted by atomic mass is 16.5. The minimum absolute atomic E-state index is 0.198. The number of rotatable bonds is 3. The Bertz CT molecular complexity index is 830. The molecule has 3 amide bonds. The Morgan fingerprint density at radius 2 is 1.58 bits per heavy atom. The maximum atomic E-state index is 12.7. The number of carbonyl (C=O) groups excluding carboxylic acids is 3. The van der Waals surface area contributed by atoms with Gasteiger partial charge in [0.05, 0.1) is 24.3 Å². The number of carbonyl (C=O) groups is 3. The van der Waals surface area contributed by atoms with Gasteiger partial charge in [-0.05, 0) is 17.7 Å². The number of ether oxygens (including phenoxy) is 1. The zero-order valence-electron chi connectivity index (χ0n) is 14.1. The van der Waals surface area contributed by atoms with Gasteiger partial charge in [-0.15, -0.1) is 0 Å². The van der Waals surface area contributed by atoms with Crippen LogP contribution in [-0.4, -0.2) is 53.8 Å². The first-order chi connectivity index (χ1) is 12.6. The Hall–Kier alpha value is -2.99. The zero-order chi connectivity index (χ0) is 18.1. The fourth-order valence-corrected chi connectivity index (χ4v) is 3.36. The lowest BCUT2D eigenvalue weighted by atomic mass is 10.1. The van der Waals surface area contributed by atoms with Crippen molar-refractivity contribution in [3.63, 3.8) is 0 Å². The minimum atomic E-state index is -0.410. The smallest absolute Gasteiger partial charge is 0.262 e. The van der Waals surface area contributed by atoms with Crippen molar-refractivity contribution in [2.24, 2.45) is 0 Å². The lowest BCUT2D eigenvalue weighted by Gasteiger charge is -2.34. The molecule has 2 aromatic rings. The number of imide groups is 1. The maximum Gasteiger partial charge on any atom is 0.262 e. The van der Waals surface area contributed by atoms with Gasteiger partial charge in [-0.25, -0.2) is 0 Å². The van der Waals surface area contributed by atoms with E-state index in [0.717, 1.165) is 10.5 Å². The molecule has 4 rings (SSSR count). The average molecular weight is 350 g/mol. The molecule has 0 bridgehead atoms. The SMILES string of the molecule is O=C(CN1C(=O)c2ccccc2C1=O)N1CCOC(c2ccccc2)C1. The first-order valence-electron chi connectivity index (χ1n) is 8.54. The number of amides is 3. The molecule has 2 aliphatic heterocycles. The third-order valence-electron chi connectivity index (χ3n) is 4.76. The van der Waals surface area contributed by atoms with E-state index in [1.54, 1.807) is 29.2 Å². The van der Waals surface area contributed by atoms with Crippen molar-refractivity contribution in [2.75, 3.05) is 26.2 Å². The van der Waals surface area contributed by atoms with E-state index in [9.17, 15) is 14.4 Å². The van der Waals surface area contributed by atoms with E-state index >= 15 is 0 Å². The second-order valence-corrected chi connectivity index (χ2v) is 6.35. The van der Waals surface area contributed by atoms with E-state index in [0.29, 0.717) is 30.8 Å². The van der Waals surface area contributed by atoms with Crippen LogP contribution in [-0.2, 0) is 9.53 Å². The topological polar surface area (TPSA) is 66.9 Å². The van der Waals surface area contributed by atoms with Crippen molar-refractivity contribution < 1.29 is 19.1 Å². The molecule has 2 heterocycles. The summed E-state index contributed by atoms with van der Waals surface area (Å²) in [6, 6.07) is 16.4. The van der Waals surface area contributed by atoms with E-state index in [1.165, 1.54) is 0 Å². The first-order valence-corrected chi connectivity index (χ1v) is 8.54. The van der Waals surface area contributed by atoms with Crippen molar-refractivity contribution in [1.29, 1.82) is 0 Å². The Morgan fingerprint density at radius 3 is 2.23 bits per heavy atom. The zero-order valence-corrected chi connectivity index (χ0v) is 14.1. The summed E-state index contributed by atoms with van der Waals surface area (Å²) in [7, 11) is 0. The van der Waals surface area contributed by atoms with Crippen LogP contribution in [0.5, 0.6) is 0 Å². The molecule has 2 aliphatic rings. The minimum Gasteiger partial charge on any atom is -0.370 e. The number of morpholine rings is 1. The Balaban J connectivity index is 1.45. The summed E-state index contributed by atoms with van der Waals surface area (Å²) < 4.78 is 5.77. The van der Waals surface area contributed by atoms with Gasteiger partial charge in [0.15, 0.2) is 0 Å². The molecular formula is C20H18N2O4. The maximum absolute atomic E-state index is 12.7. The van der Waals surface area contributed by atoms with Gasteiger partial charge in [-0.3, -0.25) is 19.3 Å². The summed E-state index contributed by atoms with van der Waals surface area (Å²) >= 11 is 0. The highest BCUT2D eigenvalue weighted by Gasteiger charge is 2.37. The van der Waals surface area contributed by atoms with Crippen molar-refractivity contribution in [3.05, 3.63) is 71.3 Å². The molecule has 0 aliphatic carbocycles. The number of benzene rings is 2. The number of hydrogen-bond acceptors (Lipinski definition) is 4. The molecule has 6 nitrogen and oxygen atoms in total. The van der Waals surface area contributed by atoms with Gasteiger partial charge in [-0.1, -0.05) is 42.5 Å². The van der Waals surface area contributed by atoms with Crippen LogP contribution in [0.4, 0.5) is 0 Å². The highest BCUT2D eigenvalue weighted by Crippen LogP contribution is 2.24. The second-order valence-electron chi connectivity index (χ2n) is 6.35. The van der Waals surface area contributed by atoms with Crippen LogP contribution in [0.25, 0.3) is 0 Å². The fourth-order valence-electron chi connectivity index (χ4n) is 3.36. The molecule has 0 radical (unpaired) electrons. The van der Waals surface area contributed by atoms with Crippen molar-refractivity contribution >= 4 is 17.7 Å². The molecule has 1 fully saturated rings. The molecule has 132 valence electrons.